The van der Waals surface area contributed by atoms with E-state index in [-0.39, 0.29) is 29.3 Å². The molecule has 1 atom stereocenters. The number of carbonyl (C=O) groups excluding carboxylic acids is 1. The lowest BCUT2D eigenvalue weighted by atomic mass is 10.1. The Morgan fingerprint density at radius 3 is 2.52 bits per heavy atom. The van der Waals surface area contributed by atoms with Crippen molar-refractivity contribution in [2.75, 3.05) is 6.54 Å². The number of carbonyl (C=O) groups is 1. The molecule has 1 aliphatic rings. The lowest BCUT2D eigenvalue weighted by Crippen LogP contribution is -2.43. The standard InChI is InChI=1S/C18H22FN3O3/c1-10-5-14-12(7-13(10)19)16(24)21(17(25)20-14)8-11-6-15(23)22(9-11)18(2,3)4/h5,7,11H,6,8-9H2,1-4H3,(H,20,25). The lowest BCUT2D eigenvalue weighted by Gasteiger charge is -2.32. The number of aryl methyl sites for hydroxylation is 1. The van der Waals surface area contributed by atoms with Crippen molar-refractivity contribution in [1.29, 1.82) is 0 Å². The quantitative estimate of drug-likeness (QED) is 0.900. The molecular formula is C18H22FN3O3. The van der Waals surface area contributed by atoms with Crippen LogP contribution in [0.1, 0.15) is 32.8 Å². The Bertz CT molecular complexity index is 968. The van der Waals surface area contributed by atoms with Gasteiger partial charge in [0.05, 0.1) is 10.9 Å². The minimum atomic E-state index is -0.537. The van der Waals surface area contributed by atoms with E-state index in [0.29, 0.717) is 24.0 Å². The van der Waals surface area contributed by atoms with E-state index in [1.807, 2.05) is 20.8 Å². The Hall–Kier alpha value is -2.44. The number of amides is 1. The largest absolute Gasteiger partial charge is 0.337 e. The Balaban J connectivity index is 1.98. The first kappa shape index (κ1) is 17.4. The van der Waals surface area contributed by atoms with Crippen molar-refractivity contribution >= 4 is 16.8 Å². The van der Waals surface area contributed by atoms with E-state index in [1.165, 1.54) is 6.07 Å². The summed E-state index contributed by atoms with van der Waals surface area (Å²) in [6, 6.07) is 2.61. The number of hydrogen-bond donors (Lipinski definition) is 1. The fourth-order valence-electron chi connectivity index (χ4n) is 3.36. The number of nitrogens with zero attached hydrogens (tertiary/aromatic N) is 2. The molecule has 2 heterocycles. The molecule has 0 aliphatic carbocycles. The molecular weight excluding hydrogens is 325 g/mol. The summed E-state index contributed by atoms with van der Waals surface area (Å²) in [5.41, 5.74) is -0.677. The lowest BCUT2D eigenvalue weighted by molar-refractivity contribution is -0.131. The van der Waals surface area contributed by atoms with E-state index in [0.717, 1.165) is 10.6 Å². The SMILES string of the molecule is Cc1cc2[nH]c(=O)n(CC3CC(=O)N(C(C)(C)C)C3)c(=O)c2cc1F. The van der Waals surface area contributed by atoms with Crippen LogP contribution in [0.25, 0.3) is 10.9 Å². The van der Waals surface area contributed by atoms with Gasteiger partial charge in [-0.15, -0.1) is 0 Å². The van der Waals surface area contributed by atoms with Crippen LogP contribution in [0.4, 0.5) is 4.39 Å². The molecule has 134 valence electrons. The van der Waals surface area contributed by atoms with Crippen molar-refractivity contribution in [3.63, 3.8) is 0 Å². The van der Waals surface area contributed by atoms with Crippen molar-refractivity contribution in [1.82, 2.24) is 14.5 Å². The van der Waals surface area contributed by atoms with Crippen molar-refractivity contribution in [2.45, 2.75) is 46.2 Å². The van der Waals surface area contributed by atoms with Crippen LogP contribution in [0.3, 0.4) is 0 Å². The first-order valence-corrected chi connectivity index (χ1v) is 8.31. The highest BCUT2D eigenvalue weighted by molar-refractivity contribution is 5.79. The number of fused-ring (bicyclic) bond motifs is 1. The van der Waals surface area contributed by atoms with Crippen molar-refractivity contribution < 1.29 is 9.18 Å². The predicted molar refractivity (Wildman–Crippen MR) is 93.1 cm³/mol. The molecule has 1 unspecified atom stereocenters. The van der Waals surface area contributed by atoms with Crippen LogP contribution in [-0.4, -0.2) is 32.4 Å². The normalized spacial score (nSPS) is 18.4. The first-order chi connectivity index (χ1) is 11.6. The number of aromatic nitrogens is 2. The van der Waals surface area contributed by atoms with E-state index in [1.54, 1.807) is 11.8 Å². The molecule has 0 radical (unpaired) electrons. The number of aromatic amines is 1. The molecule has 1 aromatic heterocycles. The molecule has 1 amide bonds. The van der Waals surface area contributed by atoms with Gasteiger partial charge in [-0.05, 0) is 45.4 Å². The highest BCUT2D eigenvalue weighted by Gasteiger charge is 2.36. The smallest absolute Gasteiger partial charge is 0.328 e. The van der Waals surface area contributed by atoms with E-state index < -0.39 is 17.1 Å². The Morgan fingerprint density at radius 1 is 1.24 bits per heavy atom. The van der Waals surface area contributed by atoms with Crippen molar-refractivity contribution in [2.24, 2.45) is 5.92 Å². The molecule has 1 saturated heterocycles. The third kappa shape index (κ3) is 3.10. The van der Waals surface area contributed by atoms with E-state index >= 15 is 0 Å². The van der Waals surface area contributed by atoms with Crippen LogP contribution in [-0.2, 0) is 11.3 Å². The van der Waals surface area contributed by atoms with Gasteiger partial charge in [-0.3, -0.25) is 14.2 Å². The molecule has 0 spiro atoms. The van der Waals surface area contributed by atoms with Crippen LogP contribution >= 0.6 is 0 Å². The van der Waals surface area contributed by atoms with Crippen LogP contribution in [0.15, 0.2) is 21.7 Å². The predicted octanol–water partition coefficient (Wildman–Crippen LogP) is 1.78. The van der Waals surface area contributed by atoms with Crippen LogP contribution in [0.5, 0.6) is 0 Å². The van der Waals surface area contributed by atoms with Crippen molar-refractivity contribution in [3.05, 3.63) is 44.4 Å². The summed E-state index contributed by atoms with van der Waals surface area (Å²) in [6.45, 7) is 8.06. The third-order valence-corrected chi connectivity index (χ3v) is 4.72. The van der Waals surface area contributed by atoms with Crippen molar-refractivity contribution in [3.8, 4) is 0 Å². The summed E-state index contributed by atoms with van der Waals surface area (Å²) in [5, 5.41) is 0.139. The van der Waals surface area contributed by atoms with Crippen LogP contribution < -0.4 is 11.2 Å². The number of benzene rings is 1. The van der Waals surface area contributed by atoms with E-state index in [4.69, 9.17) is 0 Å². The molecule has 1 N–H and O–H groups in total. The fourth-order valence-corrected chi connectivity index (χ4v) is 3.36. The topological polar surface area (TPSA) is 75.2 Å². The zero-order chi connectivity index (χ0) is 18.5. The van der Waals surface area contributed by atoms with Gasteiger partial charge in [0.25, 0.3) is 5.56 Å². The molecule has 1 aromatic carbocycles. The maximum atomic E-state index is 13.8. The fraction of sp³-hybridized carbons (Fsp3) is 0.500. The molecule has 7 heteroatoms. The number of rotatable bonds is 2. The molecule has 0 bridgehead atoms. The molecule has 1 fully saturated rings. The van der Waals surface area contributed by atoms with Crippen LogP contribution in [0.2, 0.25) is 0 Å². The number of likely N-dealkylation sites (tertiary alicyclic amines) is 1. The molecule has 25 heavy (non-hydrogen) atoms. The Labute approximate surface area is 144 Å². The van der Waals surface area contributed by atoms with Gasteiger partial charge in [0.15, 0.2) is 0 Å². The zero-order valence-electron chi connectivity index (χ0n) is 14.9. The number of H-pyrrole nitrogens is 1. The Kier molecular flexibility index (Phi) is 4.05. The average molecular weight is 347 g/mol. The average Bonchev–Trinajstić information content (AvgIpc) is 2.87. The minimum absolute atomic E-state index is 0.0180. The van der Waals surface area contributed by atoms with Gasteiger partial charge in [-0.2, -0.15) is 0 Å². The second-order valence-electron chi connectivity index (χ2n) is 7.74. The summed E-state index contributed by atoms with van der Waals surface area (Å²) in [4.78, 5) is 41.5. The van der Waals surface area contributed by atoms with E-state index in [2.05, 4.69) is 4.98 Å². The summed E-state index contributed by atoms with van der Waals surface area (Å²) in [6.07, 6.45) is 0.295. The molecule has 3 rings (SSSR count). The molecule has 2 aromatic rings. The van der Waals surface area contributed by atoms with Gasteiger partial charge >= 0.3 is 5.69 Å². The van der Waals surface area contributed by atoms with E-state index in [9.17, 15) is 18.8 Å². The summed E-state index contributed by atoms with van der Waals surface area (Å²) in [7, 11) is 0. The number of halogens is 1. The van der Waals surface area contributed by atoms with Gasteiger partial charge in [0.2, 0.25) is 5.91 Å². The van der Waals surface area contributed by atoms with Gasteiger partial charge in [-0.25, -0.2) is 9.18 Å². The highest BCUT2D eigenvalue weighted by atomic mass is 19.1. The molecule has 6 nitrogen and oxygen atoms in total. The minimum Gasteiger partial charge on any atom is -0.337 e. The number of hydrogen-bond acceptors (Lipinski definition) is 3. The highest BCUT2D eigenvalue weighted by Crippen LogP contribution is 2.26. The van der Waals surface area contributed by atoms with Gasteiger partial charge in [0.1, 0.15) is 5.82 Å². The molecule has 0 saturated carbocycles. The maximum Gasteiger partial charge on any atom is 0.328 e. The zero-order valence-corrected chi connectivity index (χ0v) is 14.9. The summed E-state index contributed by atoms with van der Waals surface area (Å²) in [5.74, 6) is -0.596. The monoisotopic (exact) mass is 347 g/mol. The number of nitrogens with one attached hydrogen (secondary N) is 1. The first-order valence-electron chi connectivity index (χ1n) is 8.31. The second kappa shape index (κ2) is 5.82. The Morgan fingerprint density at radius 2 is 1.92 bits per heavy atom. The summed E-state index contributed by atoms with van der Waals surface area (Å²) >= 11 is 0. The maximum absolute atomic E-state index is 13.8. The molecule has 1 aliphatic heterocycles. The second-order valence-corrected chi connectivity index (χ2v) is 7.74. The summed E-state index contributed by atoms with van der Waals surface area (Å²) < 4.78 is 14.9. The van der Waals surface area contributed by atoms with Crippen LogP contribution in [0, 0.1) is 18.7 Å². The third-order valence-electron chi connectivity index (χ3n) is 4.72. The van der Waals surface area contributed by atoms with Gasteiger partial charge < -0.3 is 9.88 Å². The van der Waals surface area contributed by atoms with Gasteiger partial charge in [0, 0.05) is 31.0 Å². The van der Waals surface area contributed by atoms with Gasteiger partial charge in [-0.1, -0.05) is 0 Å².